The average molecular weight is 308 g/mol. The summed E-state index contributed by atoms with van der Waals surface area (Å²) < 4.78 is 19.6. The van der Waals surface area contributed by atoms with Crippen LogP contribution in [0.15, 0.2) is 65.1 Å². The fraction of sp³-hybridized carbons (Fsp3) is 0.0556. The van der Waals surface area contributed by atoms with Crippen molar-refractivity contribution in [2.24, 2.45) is 0 Å². The van der Waals surface area contributed by atoms with E-state index < -0.39 is 6.17 Å². The summed E-state index contributed by atoms with van der Waals surface area (Å²) in [6.45, 7) is 0. The highest BCUT2D eigenvalue weighted by Crippen LogP contribution is 2.30. The number of benzene rings is 2. The lowest BCUT2D eigenvalue weighted by atomic mass is 10.1. The number of hydrogen-bond donors (Lipinski definition) is 2. The maximum absolute atomic E-state index is 13.8. The molecule has 0 fully saturated rings. The Morgan fingerprint density at radius 2 is 1.61 bits per heavy atom. The van der Waals surface area contributed by atoms with Gasteiger partial charge in [-0.25, -0.2) is 4.39 Å². The summed E-state index contributed by atoms with van der Waals surface area (Å²) in [6, 6.07) is 17.1. The Kier molecular flexibility index (Phi) is 3.12. The minimum atomic E-state index is -0.488. The molecule has 1 atom stereocenters. The van der Waals surface area contributed by atoms with Crippen molar-refractivity contribution >= 4 is 11.6 Å². The van der Waals surface area contributed by atoms with E-state index in [1.807, 2.05) is 18.2 Å². The Balaban J connectivity index is 1.66. The van der Waals surface area contributed by atoms with Gasteiger partial charge in [-0.1, -0.05) is 24.3 Å². The average Bonchev–Trinajstić information content (AvgIpc) is 3.05. The van der Waals surface area contributed by atoms with Gasteiger partial charge in [0.25, 0.3) is 5.91 Å². The van der Waals surface area contributed by atoms with Gasteiger partial charge >= 0.3 is 0 Å². The molecule has 0 saturated heterocycles. The predicted molar refractivity (Wildman–Crippen MR) is 84.4 cm³/mol. The summed E-state index contributed by atoms with van der Waals surface area (Å²) in [6.07, 6.45) is -0.488. The van der Waals surface area contributed by atoms with Crippen molar-refractivity contribution in [2.75, 3.05) is 5.32 Å². The Hall–Kier alpha value is -3.08. The number of para-hydroxylation sites is 1. The zero-order chi connectivity index (χ0) is 15.8. The van der Waals surface area contributed by atoms with E-state index in [1.165, 1.54) is 6.07 Å². The van der Waals surface area contributed by atoms with E-state index in [0.717, 1.165) is 5.69 Å². The second-order valence-corrected chi connectivity index (χ2v) is 5.28. The first kappa shape index (κ1) is 13.6. The van der Waals surface area contributed by atoms with Gasteiger partial charge in [0, 0.05) is 5.69 Å². The molecule has 1 aromatic heterocycles. The Labute approximate surface area is 131 Å². The summed E-state index contributed by atoms with van der Waals surface area (Å²) in [5.74, 6) is 0.423. The lowest BCUT2D eigenvalue weighted by Crippen LogP contribution is -2.38. The zero-order valence-electron chi connectivity index (χ0n) is 12.0. The van der Waals surface area contributed by atoms with Gasteiger partial charge in [-0.05, 0) is 36.4 Å². The third kappa shape index (κ3) is 2.36. The number of hydrogen-bond acceptors (Lipinski definition) is 3. The molecule has 1 amide bonds. The lowest BCUT2D eigenvalue weighted by Gasteiger charge is -2.26. The minimum absolute atomic E-state index is 0.173. The number of amides is 1. The topological polar surface area (TPSA) is 54.3 Å². The molecule has 0 saturated carbocycles. The number of fused-ring (bicyclic) bond motifs is 1. The summed E-state index contributed by atoms with van der Waals surface area (Å²) in [7, 11) is 0. The van der Waals surface area contributed by atoms with E-state index >= 15 is 0 Å². The van der Waals surface area contributed by atoms with Crippen LogP contribution in [0.3, 0.4) is 0 Å². The maximum atomic E-state index is 13.8. The molecule has 0 unspecified atom stereocenters. The molecule has 114 valence electrons. The summed E-state index contributed by atoms with van der Waals surface area (Å²) >= 11 is 0. The third-order valence-electron chi connectivity index (χ3n) is 3.80. The molecule has 0 radical (unpaired) electrons. The SMILES string of the molecule is O=C1N[C@@H](c2ccc(-c3ccccc3F)o2)Nc2ccccc21. The molecular weight excluding hydrogens is 295 g/mol. The van der Waals surface area contributed by atoms with Crippen LogP contribution >= 0.6 is 0 Å². The van der Waals surface area contributed by atoms with Crippen molar-refractivity contribution in [1.82, 2.24) is 5.32 Å². The normalized spacial score (nSPS) is 16.4. The number of anilines is 1. The van der Waals surface area contributed by atoms with Gasteiger partial charge in [0.15, 0.2) is 6.17 Å². The molecule has 3 aromatic rings. The molecule has 4 rings (SSSR count). The van der Waals surface area contributed by atoms with Gasteiger partial charge in [0.2, 0.25) is 0 Å². The zero-order valence-corrected chi connectivity index (χ0v) is 12.0. The molecular formula is C18H13FN2O2. The molecule has 4 nitrogen and oxygen atoms in total. The second kappa shape index (κ2) is 5.28. The Morgan fingerprint density at radius 1 is 0.870 bits per heavy atom. The van der Waals surface area contributed by atoms with Crippen LogP contribution < -0.4 is 10.6 Å². The van der Waals surface area contributed by atoms with Gasteiger partial charge in [0.05, 0.1) is 11.1 Å². The second-order valence-electron chi connectivity index (χ2n) is 5.28. The Bertz CT molecular complexity index is 888. The number of carbonyl (C=O) groups is 1. The van der Waals surface area contributed by atoms with E-state index in [4.69, 9.17) is 4.42 Å². The largest absolute Gasteiger partial charge is 0.457 e. The van der Waals surface area contributed by atoms with Crippen LogP contribution in [-0.4, -0.2) is 5.91 Å². The number of rotatable bonds is 2. The van der Waals surface area contributed by atoms with Crippen molar-refractivity contribution in [3.05, 3.63) is 77.8 Å². The fourth-order valence-electron chi connectivity index (χ4n) is 2.66. The number of halogens is 1. The summed E-state index contributed by atoms with van der Waals surface area (Å²) in [4.78, 5) is 12.1. The van der Waals surface area contributed by atoms with Gasteiger partial charge in [-0.2, -0.15) is 0 Å². The van der Waals surface area contributed by atoms with Crippen LogP contribution in [0.5, 0.6) is 0 Å². The molecule has 5 heteroatoms. The molecule has 2 aromatic carbocycles. The van der Waals surface area contributed by atoms with Crippen molar-refractivity contribution in [2.45, 2.75) is 6.17 Å². The van der Waals surface area contributed by atoms with E-state index in [2.05, 4.69) is 10.6 Å². The maximum Gasteiger partial charge on any atom is 0.255 e. The van der Waals surface area contributed by atoms with E-state index in [9.17, 15) is 9.18 Å². The molecule has 0 bridgehead atoms. The number of nitrogens with one attached hydrogen (secondary N) is 2. The highest BCUT2D eigenvalue weighted by molar-refractivity contribution is 6.01. The first-order chi connectivity index (χ1) is 11.2. The van der Waals surface area contributed by atoms with Gasteiger partial charge < -0.3 is 15.1 Å². The molecule has 2 heterocycles. The number of furan rings is 1. The Morgan fingerprint density at radius 3 is 2.43 bits per heavy atom. The monoisotopic (exact) mass is 308 g/mol. The fourth-order valence-corrected chi connectivity index (χ4v) is 2.66. The van der Waals surface area contributed by atoms with Crippen LogP contribution in [0.25, 0.3) is 11.3 Å². The van der Waals surface area contributed by atoms with Gasteiger partial charge in [-0.15, -0.1) is 0 Å². The van der Waals surface area contributed by atoms with Gasteiger partial charge in [-0.3, -0.25) is 4.79 Å². The predicted octanol–water partition coefficient (Wildman–Crippen LogP) is 3.94. The quantitative estimate of drug-likeness (QED) is 0.754. The molecule has 0 spiro atoms. The van der Waals surface area contributed by atoms with Crippen LogP contribution in [0.2, 0.25) is 0 Å². The van der Waals surface area contributed by atoms with Crippen LogP contribution in [0.4, 0.5) is 10.1 Å². The molecule has 2 N–H and O–H groups in total. The summed E-state index contributed by atoms with van der Waals surface area (Å²) in [5, 5.41) is 6.03. The lowest BCUT2D eigenvalue weighted by molar-refractivity contribution is 0.0931. The van der Waals surface area contributed by atoms with Crippen molar-refractivity contribution in [3.63, 3.8) is 0 Å². The first-order valence-electron chi connectivity index (χ1n) is 7.23. The van der Waals surface area contributed by atoms with Crippen LogP contribution in [0.1, 0.15) is 22.3 Å². The minimum Gasteiger partial charge on any atom is -0.457 e. The van der Waals surface area contributed by atoms with Crippen LogP contribution in [-0.2, 0) is 0 Å². The van der Waals surface area contributed by atoms with Crippen molar-refractivity contribution < 1.29 is 13.6 Å². The van der Waals surface area contributed by atoms with E-state index in [1.54, 1.807) is 36.4 Å². The highest BCUT2D eigenvalue weighted by Gasteiger charge is 2.26. The number of carbonyl (C=O) groups excluding carboxylic acids is 1. The van der Waals surface area contributed by atoms with Gasteiger partial charge in [0.1, 0.15) is 17.3 Å². The standard InChI is InChI=1S/C18H13FN2O2/c19-13-7-3-1-5-11(13)15-9-10-16(23-15)17-20-14-8-4-2-6-12(14)18(22)21-17/h1-10,17,20H,(H,21,22)/t17-/m0/s1. The highest BCUT2D eigenvalue weighted by atomic mass is 19.1. The molecule has 23 heavy (non-hydrogen) atoms. The molecule has 1 aliphatic rings. The smallest absolute Gasteiger partial charge is 0.255 e. The molecule has 1 aliphatic heterocycles. The van der Waals surface area contributed by atoms with Crippen molar-refractivity contribution in [3.8, 4) is 11.3 Å². The van der Waals surface area contributed by atoms with E-state index in [-0.39, 0.29) is 11.7 Å². The molecule has 0 aliphatic carbocycles. The van der Waals surface area contributed by atoms with Crippen molar-refractivity contribution in [1.29, 1.82) is 0 Å². The summed E-state index contributed by atoms with van der Waals surface area (Å²) in [5.41, 5.74) is 1.72. The van der Waals surface area contributed by atoms with E-state index in [0.29, 0.717) is 22.6 Å². The van der Waals surface area contributed by atoms with Crippen LogP contribution in [0, 0.1) is 5.82 Å². The first-order valence-corrected chi connectivity index (χ1v) is 7.23. The third-order valence-corrected chi connectivity index (χ3v) is 3.80.